The van der Waals surface area contributed by atoms with Gasteiger partial charge in [-0.25, -0.2) is 0 Å². The van der Waals surface area contributed by atoms with Crippen molar-refractivity contribution in [2.75, 3.05) is 6.54 Å². The maximum atomic E-state index is 5.41. The van der Waals surface area contributed by atoms with Crippen LogP contribution in [0, 0.1) is 11.3 Å². The minimum absolute atomic E-state index is 0.736. The summed E-state index contributed by atoms with van der Waals surface area (Å²) in [5.41, 5.74) is 6.15. The molecule has 0 aromatic heterocycles. The van der Waals surface area contributed by atoms with Crippen molar-refractivity contribution < 1.29 is 0 Å². The van der Waals surface area contributed by atoms with Crippen LogP contribution >= 0.6 is 0 Å². The number of rotatable bonds is 1. The third-order valence-corrected chi connectivity index (χ3v) is 2.26. The van der Waals surface area contributed by atoms with Crippen LogP contribution < -0.4 is 5.73 Å². The van der Waals surface area contributed by atoms with Crippen LogP contribution in [0.2, 0.25) is 0 Å². The predicted molar refractivity (Wildman–Crippen MR) is 24.2 cm³/mol. The second kappa shape index (κ2) is 0.544. The molecule has 0 saturated heterocycles. The zero-order chi connectivity index (χ0) is 4.20. The molecule has 0 atom stereocenters. The van der Waals surface area contributed by atoms with E-state index in [2.05, 4.69) is 0 Å². The van der Waals surface area contributed by atoms with Crippen LogP contribution in [0.1, 0.15) is 12.8 Å². The summed E-state index contributed by atoms with van der Waals surface area (Å²) in [6.07, 6.45) is 2.90. The standard InChI is InChI=1S/C5H9N/c6-3-5-1-4(5)2-5/h4H,1-3,6H2. The first-order valence-corrected chi connectivity index (χ1v) is 2.57. The average Bonchev–Trinajstić information content (AvgIpc) is 2.12. The van der Waals surface area contributed by atoms with Gasteiger partial charge in [0.05, 0.1) is 0 Å². The Morgan fingerprint density at radius 2 is 2.17 bits per heavy atom. The summed E-state index contributed by atoms with van der Waals surface area (Å²) >= 11 is 0. The van der Waals surface area contributed by atoms with Crippen molar-refractivity contribution in [2.24, 2.45) is 17.1 Å². The third kappa shape index (κ3) is 0.155. The molecule has 0 bridgehead atoms. The molecule has 1 heteroatoms. The first-order valence-electron chi connectivity index (χ1n) is 2.57. The van der Waals surface area contributed by atoms with Gasteiger partial charge in [-0.2, -0.15) is 0 Å². The molecule has 1 nitrogen and oxygen atoms in total. The molecule has 2 aliphatic rings. The molecule has 0 aromatic rings. The largest absolute Gasteiger partial charge is 0.330 e. The lowest BCUT2D eigenvalue weighted by Gasteiger charge is -1.90. The summed E-state index contributed by atoms with van der Waals surface area (Å²) in [5, 5.41) is 0. The van der Waals surface area contributed by atoms with Crippen LogP contribution in [-0.4, -0.2) is 6.54 Å². The molecule has 6 heavy (non-hydrogen) atoms. The van der Waals surface area contributed by atoms with E-state index in [0.29, 0.717) is 0 Å². The number of fused-ring (bicyclic) bond motifs is 1. The fourth-order valence-electron chi connectivity index (χ4n) is 1.14. The Morgan fingerprint density at radius 1 is 1.67 bits per heavy atom. The molecule has 2 fully saturated rings. The first-order chi connectivity index (χ1) is 2.87. The summed E-state index contributed by atoms with van der Waals surface area (Å²) < 4.78 is 0. The second-order valence-electron chi connectivity index (χ2n) is 2.67. The van der Waals surface area contributed by atoms with Crippen molar-refractivity contribution in [3.8, 4) is 0 Å². The molecule has 0 heterocycles. The van der Waals surface area contributed by atoms with E-state index < -0.39 is 0 Å². The highest BCUT2D eigenvalue weighted by Crippen LogP contribution is 2.74. The number of hydrogen-bond acceptors (Lipinski definition) is 1. The van der Waals surface area contributed by atoms with Gasteiger partial charge in [-0.15, -0.1) is 0 Å². The van der Waals surface area contributed by atoms with Crippen LogP contribution in [0.4, 0.5) is 0 Å². The quantitative estimate of drug-likeness (QED) is 0.486. The van der Waals surface area contributed by atoms with Gasteiger partial charge in [0.15, 0.2) is 0 Å². The lowest BCUT2D eigenvalue weighted by molar-refractivity contribution is 0.659. The van der Waals surface area contributed by atoms with Crippen molar-refractivity contribution in [1.82, 2.24) is 0 Å². The van der Waals surface area contributed by atoms with Gasteiger partial charge in [0.25, 0.3) is 0 Å². The molecule has 0 spiro atoms. The van der Waals surface area contributed by atoms with Gasteiger partial charge in [0.1, 0.15) is 0 Å². The van der Waals surface area contributed by atoms with Gasteiger partial charge < -0.3 is 5.73 Å². The van der Waals surface area contributed by atoms with Gasteiger partial charge in [-0.1, -0.05) is 0 Å². The summed E-state index contributed by atoms with van der Waals surface area (Å²) in [7, 11) is 0. The monoisotopic (exact) mass is 83.1 g/mol. The zero-order valence-corrected chi connectivity index (χ0v) is 3.78. The van der Waals surface area contributed by atoms with Crippen molar-refractivity contribution in [2.45, 2.75) is 12.8 Å². The molecule has 0 aliphatic heterocycles. The summed E-state index contributed by atoms with van der Waals surface area (Å²) in [4.78, 5) is 0. The molecular formula is C5H9N. The summed E-state index contributed by atoms with van der Waals surface area (Å²) in [5.74, 6) is 1.09. The van der Waals surface area contributed by atoms with Crippen LogP contribution in [0.5, 0.6) is 0 Å². The Bertz CT molecular complexity index is 81.9. The van der Waals surface area contributed by atoms with E-state index in [1.807, 2.05) is 0 Å². The van der Waals surface area contributed by atoms with Gasteiger partial charge in [-0.05, 0) is 30.7 Å². The highest BCUT2D eigenvalue weighted by Gasteiger charge is 2.68. The predicted octanol–water partition coefficient (Wildman–Crippen LogP) is 0.355. The molecule has 2 rings (SSSR count). The van der Waals surface area contributed by atoms with Crippen LogP contribution in [0.3, 0.4) is 0 Å². The molecule has 0 radical (unpaired) electrons. The molecule has 2 saturated carbocycles. The maximum Gasteiger partial charge on any atom is -0.00177 e. The molecule has 34 valence electrons. The fourth-order valence-corrected chi connectivity index (χ4v) is 1.14. The minimum atomic E-state index is 0.736. The van der Waals surface area contributed by atoms with Gasteiger partial charge in [-0.3, -0.25) is 0 Å². The first kappa shape index (κ1) is 3.03. The number of nitrogens with two attached hydrogens (primary N) is 1. The van der Waals surface area contributed by atoms with Crippen molar-refractivity contribution in [1.29, 1.82) is 0 Å². The highest BCUT2D eigenvalue weighted by molar-refractivity contribution is 5.18. The summed E-state index contributed by atoms with van der Waals surface area (Å²) in [6.45, 7) is 0.956. The average molecular weight is 83.1 g/mol. The molecule has 2 N–H and O–H groups in total. The molecule has 2 aliphatic carbocycles. The topological polar surface area (TPSA) is 26.0 Å². The Morgan fingerprint density at radius 3 is 2.17 bits per heavy atom. The Kier molecular flexibility index (Phi) is 0.274. The van der Waals surface area contributed by atoms with E-state index in [9.17, 15) is 0 Å². The Hall–Kier alpha value is -0.0400. The second-order valence-corrected chi connectivity index (χ2v) is 2.67. The lowest BCUT2D eigenvalue weighted by atomic mass is 10.2. The zero-order valence-electron chi connectivity index (χ0n) is 3.78. The molecule has 0 aromatic carbocycles. The maximum absolute atomic E-state index is 5.41. The third-order valence-electron chi connectivity index (χ3n) is 2.26. The van der Waals surface area contributed by atoms with Crippen LogP contribution in [0.15, 0.2) is 0 Å². The smallest absolute Gasteiger partial charge is 0.00177 e. The van der Waals surface area contributed by atoms with E-state index in [0.717, 1.165) is 17.9 Å². The van der Waals surface area contributed by atoms with E-state index in [1.165, 1.54) is 12.8 Å². The highest BCUT2D eigenvalue weighted by atomic mass is 14.8. The summed E-state index contributed by atoms with van der Waals surface area (Å²) in [6, 6.07) is 0. The Labute approximate surface area is 37.5 Å². The van der Waals surface area contributed by atoms with Gasteiger partial charge in [0, 0.05) is 0 Å². The molecule has 0 unspecified atom stereocenters. The van der Waals surface area contributed by atoms with E-state index >= 15 is 0 Å². The van der Waals surface area contributed by atoms with Gasteiger partial charge in [0.2, 0.25) is 0 Å². The number of hydrogen-bond donors (Lipinski definition) is 1. The fraction of sp³-hybridized carbons (Fsp3) is 1.00. The van der Waals surface area contributed by atoms with Crippen molar-refractivity contribution in [3.05, 3.63) is 0 Å². The van der Waals surface area contributed by atoms with Crippen LogP contribution in [0.25, 0.3) is 0 Å². The SMILES string of the molecule is NCC12CC1C2. The normalized spacial score (nSPS) is 60.5. The van der Waals surface area contributed by atoms with E-state index in [4.69, 9.17) is 5.73 Å². The molecule has 0 amide bonds. The van der Waals surface area contributed by atoms with Gasteiger partial charge >= 0.3 is 0 Å². The Balaban J connectivity index is 2.10. The van der Waals surface area contributed by atoms with E-state index in [-0.39, 0.29) is 0 Å². The van der Waals surface area contributed by atoms with E-state index in [1.54, 1.807) is 0 Å². The van der Waals surface area contributed by atoms with Crippen LogP contribution in [-0.2, 0) is 0 Å². The molecular weight excluding hydrogens is 74.1 g/mol. The van der Waals surface area contributed by atoms with Crippen molar-refractivity contribution in [3.63, 3.8) is 0 Å². The minimum Gasteiger partial charge on any atom is -0.330 e. The lowest BCUT2D eigenvalue weighted by Crippen LogP contribution is -2.05. The van der Waals surface area contributed by atoms with Crippen molar-refractivity contribution >= 4 is 0 Å².